The number of nitro groups is 1. The fraction of sp³-hybridized carbons (Fsp3) is 0.538. The molecule has 0 atom stereocenters. The van der Waals surface area contributed by atoms with E-state index < -0.39 is 16.4 Å². The predicted octanol–water partition coefficient (Wildman–Crippen LogP) is 3.34. The molecule has 0 radical (unpaired) electrons. The van der Waals surface area contributed by atoms with Crippen molar-refractivity contribution >= 4 is 33.4 Å². The summed E-state index contributed by atoms with van der Waals surface area (Å²) in [4.78, 5) is 25.4. The van der Waals surface area contributed by atoms with Crippen LogP contribution in [0.25, 0.3) is 0 Å². The largest absolute Gasteiger partial charge is 0.481 e. The molecule has 7 nitrogen and oxygen atoms in total. The van der Waals surface area contributed by atoms with Crippen molar-refractivity contribution in [2.45, 2.75) is 44.1 Å². The first kappa shape index (κ1) is 15.7. The van der Waals surface area contributed by atoms with E-state index in [1.807, 2.05) is 0 Å². The Morgan fingerprint density at radius 1 is 1.48 bits per heavy atom. The topological polar surface area (TPSA) is 105 Å². The van der Waals surface area contributed by atoms with Crippen LogP contribution in [0.4, 0.5) is 11.5 Å². The van der Waals surface area contributed by atoms with Gasteiger partial charge in [0, 0.05) is 11.6 Å². The lowest BCUT2D eigenvalue weighted by molar-refractivity contribution is -0.385. The fourth-order valence-corrected chi connectivity index (χ4v) is 3.17. The summed E-state index contributed by atoms with van der Waals surface area (Å²) in [6.45, 7) is 0. The number of hydrogen-bond donors (Lipinski definition) is 2. The van der Waals surface area contributed by atoms with Crippen LogP contribution in [0.3, 0.4) is 0 Å². The predicted molar refractivity (Wildman–Crippen MR) is 80.3 cm³/mol. The number of halogens is 1. The Hall–Kier alpha value is -1.70. The Morgan fingerprint density at radius 3 is 2.67 bits per heavy atom. The van der Waals surface area contributed by atoms with Crippen LogP contribution in [-0.4, -0.2) is 26.5 Å². The number of nitrogens with one attached hydrogen (secondary N) is 1. The minimum Gasteiger partial charge on any atom is -0.481 e. The molecule has 0 amide bonds. The third-order valence-corrected chi connectivity index (χ3v) is 4.33. The van der Waals surface area contributed by atoms with Crippen molar-refractivity contribution in [3.05, 3.63) is 26.9 Å². The molecule has 0 unspecified atom stereocenters. The van der Waals surface area contributed by atoms with Crippen molar-refractivity contribution in [1.29, 1.82) is 0 Å². The third kappa shape index (κ3) is 3.90. The van der Waals surface area contributed by atoms with Gasteiger partial charge in [0.05, 0.1) is 15.8 Å². The van der Waals surface area contributed by atoms with Crippen molar-refractivity contribution < 1.29 is 14.8 Å². The lowest BCUT2D eigenvalue weighted by atomic mass is 9.79. The zero-order valence-electron chi connectivity index (χ0n) is 11.3. The number of pyridine rings is 1. The number of nitrogens with zero attached hydrogens (tertiary/aromatic N) is 2. The van der Waals surface area contributed by atoms with E-state index in [-0.39, 0.29) is 12.1 Å². The number of anilines is 1. The monoisotopic (exact) mass is 357 g/mol. The highest BCUT2D eigenvalue weighted by molar-refractivity contribution is 9.10. The molecule has 1 aliphatic carbocycles. The van der Waals surface area contributed by atoms with E-state index >= 15 is 0 Å². The maximum Gasteiger partial charge on any atom is 0.305 e. The Kier molecular flexibility index (Phi) is 4.76. The Balaban J connectivity index is 2.24. The fourth-order valence-electron chi connectivity index (χ4n) is 2.73. The number of aromatic nitrogens is 1. The summed E-state index contributed by atoms with van der Waals surface area (Å²) in [6.07, 6.45) is 5.71. The molecule has 1 fully saturated rings. The van der Waals surface area contributed by atoms with Gasteiger partial charge in [-0.3, -0.25) is 14.9 Å². The van der Waals surface area contributed by atoms with E-state index in [2.05, 4.69) is 26.2 Å². The quantitative estimate of drug-likeness (QED) is 0.618. The van der Waals surface area contributed by atoms with Gasteiger partial charge in [0.1, 0.15) is 12.0 Å². The number of carbonyl (C=O) groups is 1. The van der Waals surface area contributed by atoms with Crippen LogP contribution in [-0.2, 0) is 4.79 Å². The molecule has 114 valence electrons. The lowest BCUT2D eigenvalue weighted by Crippen LogP contribution is -2.42. The van der Waals surface area contributed by atoms with Gasteiger partial charge < -0.3 is 10.4 Å². The number of hydrogen-bond acceptors (Lipinski definition) is 5. The highest BCUT2D eigenvalue weighted by atomic mass is 79.9. The second kappa shape index (κ2) is 6.38. The molecular weight excluding hydrogens is 342 g/mol. The zero-order chi connectivity index (χ0) is 15.5. The normalized spacial score (nSPS) is 17.2. The molecule has 1 heterocycles. The van der Waals surface area contributed by atoms with Crippen LogP contribution >= 0.6 is 15.9 Å². The van der Waals surface area contributed by atoms with Gasteiger partial charge in [0.25, 0.3) is 5.69 Å². The van der Waals surface area contributed by atoms with Crippen LogP contribution < -0.4 is 5.32 Å². The summed E-state index contributed by atoms with van der Waals surface area (Å²) in [5, 5.41) is 23.0. The van der Waals surface area contributed by atoms with Crippen LogP contribution in [0.2, 0.25) is 0 Å². The molecule has 0 bridgehead atoms. The summed E-state index contributed by atoms with van der Waals surface area (Å²) in [5.74, 6) is -0.411. The molecule has 0 aromatic carbocycles. The zero-order valence-corrected chi connectivity index (χ0v) is 12.9. The van der Waals surface area contributed by atoms with Gasteiger partial charge in [-0.25, -0.2) is 4.98 Å². The van der Waals surface area contributed by atoms with Crippen molar-refractivity contribution in [3.8, 4) is 0 Å². The van der Waals surface area contributed by atoms with E-state index in [1.54, 1.807) is 0 Å². The van der Waals surface area contributed by atoms with E-state index in [0.717, 1.165) is 32.1 Å². The number of rotatable bonds is 5. The molecule has 21 heavy (non-hydrogen) atoms. The molecule has 0 saturated heterocycles. The second-order valence-electron chi connectivity index (χ2n) is 5.32. The van der Waals surface area contributed by atoms with Crippen LogP contribution in [0.1, 0.15) is 38.5 Å². The van der Waals surface area contributed by atoms with Gasteiger partial charge in [-0.2, -0.15) is 0 Å². The van der Waals surface area contributed by atoms with Crippen molar-refractivity contribution in [1.82, 2.24) is 4.98 Å². The smallest absolute Gasteiger partial charge is 0.305 e. The number of aliphatic carboxylic acids is 1. The Bertz CT molecular complexity index is 558. The van der Waals surface area contributed by atoms with Crippen LogP contribution in [0.5, 0.6) is 0 Å². The molecule has 1 aliphatic rings. The van der Waals surface area contributed by atoms with Gasteiger partial charge in [-0.1, -0.05) is 19.3 Å². The molecule has 2 N–H and O–H groups in total. The molecule has 2 rings (SSSR count). The molecular formula is C13H16BrN3O4. The average Bonchev–Trinajstić information content (AvgIpc) is 2.41. The maximum absolute atomic E-state index is 11.1. The van der Waals surface area contributed by atoms with Gasteiger partial charge in [0.2, 0.25) is 0 Å². The molecule has 1 aromatic rings. The van der Waals surface area contributed by atoms with E-state index in [1.165, 1.54) is 12.3 Å². The minimum absolute atomic E-state index is 0.0120. The van der Waals surface area contributed by atoms with Crippen molar-refractivity contribution in [3.63, 3.8) is 0 Å². The molecule has 1 saturated carbocycles. The number of carboxylic acids is 1. The lowest BCUT2D eigenvalue weighted by Gasteiger charge is -2.37. The summed E-state index contributed by atoms with van der Waals surface area (Å²) in [7, 11) is 0. The Morgan fingerprint density at radius 2 is 2.14 bits per heavy atom. The van der Waals surface area contributed by atoms with Gasteiger partial charge in [-0.15, -0.1) is 0 Å². The van der Waals surface area contributed by atoms with Gasteiger partial charge >= 0.3 is 5.97 Å². The third-order valence-electron chi connectivity index (χ3n) is 3.72. The first-order valence-electron chi connectivity index (χ1n) is 6.72. The first-order chi connectivity index (χ1) is 9.92. The Labute approximate surface area is 130 Å². The van der Waals surface area contributed by atoms with Crippen LogP contribution in [0.15, 0.2) is 16.7 Å². The maximum atomic E-state index is 11.1. The van der Waals surface area contributed by atoms with Gasteiger partial charge in [0.15, 0.2) is 0 Å². The summed E-state index contributed by atoms with van der Waals surface area (Å²) in [5.41, 5.74) is -0.640. The highest BCUT2D eigenvalue weighted by Gasteiger charge is 2.35. The molecule has 0 spiro atoms. The van der Waals surface area contributed by atoms with E-state index in [9.17, 15) is 14.9 Å². The average molecular weight is 358 g/mol. The van der Waals surface area contributed by atoms with Gasteiger partial charge in [-0.05, 0) is 28.8 Å². The number of carboxylic acid groups (broad SMARTS) is 1. The SMILES string of the molecule is O=C(O)CC1(Nc2ncc([N+](=O)[O-])cc2Br)CCCCC1. The standard InChI is InChI=1S/C13H16BrN3O4/c14-10-6-9(17(20)21)8-15-12(10)16-13(7-11(18)19)4-2-1-3-5-13/h6,8H,1-5,7H2,(H,15,16)(H,18,19). The first-order valence-corrected chi connectivity index (χ1v) is 7.51. The highest BCUT2D eigenvalue weighted by Crippen LogP contribution is 2.36. The molecule has 1 aromatic heterocycles. The van der Waals surface area contributed by atoms with Crippen molar-refractivity contribution in [2.75, 3.05) is 5.32 Å². The summed E-state index contributed by atoms with van der Waals surface area (Å²) >= 11 is 3.26. The minimum atomic E-state index is -0.859. The van der Waals surface area contributed by atoms with E-state index in [0.29, 0.717) is 10.3 Å². The van der Waals surface area contributed by atoms with Crippen molar-refractivity contribution in [2.24, 2.45) is 0 Å². The van der Waals surface area contributed by atoms with Crippen LogP contribution in [0, 0.1) is 10.1 Å². The second-order valence-corrected chi connectivity index (χ2v) is 6.17. The summed E-state index contributed by atoms with van der Waals surface area (Å²) in [6, 6.07) is 1.37. The van der Waals surface area contributed by atoms with E-state index in [4.69, 9.17) is 5.11 Å². The molecule has 0 aliphatic heterocycles. The summed E-state index contributed by atoms with van der Waals surface area (Å²) < 4.78 is 0.465. The molecule has 8 heteroatoms.